The van der Waals surface area contributed by atoms with Crippen molar-refractivity contribution in [3.8, 4) is 0 Å². The number of amides is 1. The highest BCUT2D eigenvalue weighted by atomic mass is 79.9. The second-order valence-corrected chi connectivity index (χ2v) is 6.52. The molecule has 0 atom stereocenters. The molecular weight excluding hydrogens is 423 g/mol. The van der Waals surface area contributed by atoms with Crippen LogP contribution >= 0.6 is 15.9 Å². The van der Waals surface area contributed by atoms with Gasteiger partial charge in [-0.15, -0.1) is 0 Å². The van der Waals surface area contributed by atoms with Crippen molar-refractivity contribution in [3.05, 3.63) is 68.8 Å². The molecule has 0 aliphatic rings. The van der Waals surface area contributed by atoms with Crippen molar-refractivity contribution in [2.75, 3.05) is 5.32 Å². The normalized spacial score (nSPS) is 10.7. The molecular formula is C16H14BrFN6O3. The predicted octanol–water partition coefficient (Wildman–Crippen LogP) is 2.97. The minimum Gasteiger partial charge on any atom is -0.308 e. The van der Waals surface area contributed by atoms with Gasteiger partial charge in [0.2, 0.25) is 5.91 Å². The molecule has 0 aliphatic heterocycles. The van der Waals surface area contributed by atoms with Crippen LogP contribution < -0.4 is 5.32 Å². The molecule has 0 aliphatic carbocycles. The second-order valence-electron chi connectivity index (χ2n) is 5.67. The Balaban J connectivity index is 1.56. The van der Waals surface area contributed by atoms with Gasteiger partial charge in [-0.05, 0) is 33.6 Å². The number of hydrogen-bond acceptors (Lipinski definition) is 5. The van der Waals surface area contributed by atoms with Crippen LogP contribution in [0.4, 0.5) is 15.9 Å². The number of rotatable bonds is 7. The molecule has 1 aromatic carbocycles. The van der Waals surface area contributed by atoms with E-state index < -0.39 is 4.92 Å². The first-order chi connectivity index (χ1) is 12.9. The van der Waals surface area contributed by atoms with Gasteiger partial charge in [0.05, 0.1) is 15.9 Å². The summed E-state index contributed by atoms with van der Waals surface area (Å²) < 4.78 is 16.5. The first-order valence-corrected chi connectivity index (χ1v) is 8.64. The maximum atomic E-state index is 13.0. The van der Waals surface area contributed by atoms with Crippen molar-refractivity contribution >= 4 is 33.3 Å². The van der Waals surface area contributed by atoms with Gasteiger partial charge in [0.25, 0.3) is 0 Å². The van der Waals surface area contributed by atoms with E-state index in [0.29, 0.717) is 16.8 Å². The third kappa shape index (κ3) is 4.97. The number of halogens is 2. The Kier molecular flexibility index (Phi) is 5.60. The molecule has 0 radical (unpaired) electrons. The number of benzene rings is 1. The summed E-state index contributed by atoms with van der Waals surface area (Å²) in [6.07, 6.45) is 4.18. The molecule has 2 heterocycles. The molecule has 0 fully saturated rings. The van der Waals surface area contributed by atoms with Gasteiger partial charge in [-0.3, -0.25) is 24.3 Å². The van der Waals surface area contributed by atoms with E-state index in [1.807, 2.05) is 0 Å². The highest BCUT2D eigenvalue weighted by Crippen LogP contribution is 2.21. The largest absolute Gasteiger partial charge is 0.308 e. The molecule has 0 unspecified atom stereocenters. The fraction of sp³-hybridized carbons (Fsp3) is 0.188. The predicted molar refractivity (Wildman–Crippen MR) is 97.6 cm³/mol. The zero-order valence-electron chi connectivity index (χ0n) is 13.9. The number of carbonyl (C=O) groups is 1. The van der Waals surface area contributed by atoms with Crippen molar-refractivity contribution in [2.24, 2.45) is 0 Å². The van der Waals surface area contributed by atoms with Crippen molar-refractivity contribution in [2.45, 2.75) is 19.5 Å². The van der Waals surface area contributed by atoms with Gasteiger partial charge in [0.15, 0.2) is 5.82 Å². The van der Waals surface area contributed by atoms with E-state index >= 15 is 0 Å². The number of nitrogens with one attached hydrogen (secondary N) is 1. The van der Waals surface area contributed by atoms with E-state index in [1.165, 1.54) is 23.0 Å². The van der Waals surface area contributed by atoms with Crippen LogP contribution in [0.3, 0.4) is 0 Å². The minimum absolute atomic E-state index is 0.0795. The lowest BCUT2D eigenvalue weighted by Gasteiger charge is -2.04. The first-order valence-electron chi connectivity index (χ1n) is 7.85. The van der Waals surface area contributed by atoms with Crippen LogP contribution in [-0.4, -0.2) is 30.4 Å². The van der Waals surface area contributed by atoms with Gasteiger partial charge in [-0.25, -0.2) is 4.39 Å². The van der Waals surface area contributed by atoms with Crippen LogP contribution in [-0.2, 0) is 17.9 Å². The molecule has 1 amide bonds. The zero-order valence-corrected chi connectivity index (χ0v) is 15.5. The summed E-state index contributed by atoms with van der Waals surface area (Å²) in [5.41, 5.74) is 0.738. The van der Waals surface area contributed by atoms with Crippen LogP contribution in [0.5, 0.6) is 0 Å². The number of nitrogens with zero attached hydrogens (tertiary/aromatic N) is 5. The quantitative estimate of drug-likeness (QED) is 0.452. The molecule has 27 heavy (non-hydrogen) atoms. The minimum atomic E-state index is -0.547. The summed E-state index contributed by atoms with van der Waals surface area (Å²) in [6, 6.07) is 6.06. The Morgan fingerprint density at radius 1 is 1.26 bits per heavy atom. The van der Waals surface area contributed by atoms with Gasteiger partial charge in [0, 0.05) is 19.2 Å². The van der Waals surface area contributed by atoms with Gasteiger partial charge in [-0.1, -0.05) is 12.1 Å². The SMILES string of the molecule is O=C(CCn1cc([N+](=O)[O-])cn1)Nc1nn(Cc2ccc(F)cc2)cc1Br. The number of anilines is 1. The van der Waals surface area contributed by atoms with Crippen molar-refractivity contribution in [3.63, 3.8) is 0 Å². The number of carbonyl (C=O) groups excluding carboxylic acids is 1. The van der Waals surface area contributed by atoms with Gasteiger partial charge < -0.3 is 5.32 Å². The summed E-state index contributed by atoms with van der Waals surface area (Å²) in [6.45, 7) is 0.624. The van der Waals surface area contributed by atoms with Gasteiger partial charge >= 0.3 is 5.69 Å². The van der Waals surface area contributed by atoms with Crippen LogP contribution in [0.1, 0.15) is 12.0 Å². The van der Waals surface area contributed by atoms with Gasteiger partial charge in [-0.2, -0.15) is 10.2 Å². The number of aryl methyl sites for hydroxylation is 1. The number of nitro groups is 1. The molecule has 0 saturated carbocycles. The van der Waals surface area contributed by atoms with Crippen LogP contribution in [0.15, 0.2) is 47.3 Å². The summed E-state index contributed by atoms with van der Waals surface area (Å²) in [5.74, 6) is -0.259. The molecule has 0 saturated heterocycles. The smallest absolute Gasteiger partial charge is 0.306 e. The maximum absolute atomic E-state index is 13.0. The average molecular weight is 437 g/mol. The molecule has 3 aromatic rings. The standard InChI is InChI=1S/C16H14BrFN6O3/c17-14-10-23(8-11-1-3-12(18)4-2-11)21-16(14)20-15(25)5-6-22-9-13(7-19-22)24(26)27/h1-4,7,9-10H,5-6,8H2,(H,20,21,25). The third-order valence-corrected chi connectivity index (χ3v) is 4.21. The molecule has 2 aromatic heterocycles. The zero-order chi connectivity index (χ0) is 19.4. The van der Waals surface area contributed by atoms with E-state index in [0.717, 1.165) is 11.8 Å². The number of hydrogen-bond donors (Lipinski definition) is 1. The Morgan fingerprint density at radius 2 is 2.00 bits per heavy atom. The number of aromatic nitrogens is 4. The Bertz CT molecular complexity index is 969. The monoisotopic (exact) mass is 436 g/mol. The molecule has 1 N–H and O–H groups in total. The lowest BCUT2D eigenvalue weighted by atomic mass is 10.2. The van der Waals surface area contributed by atoms with Gasteiger partial charge in [0.1, 0.15) is 18.2 Å². The average Bonchev–Trinajstić information content (AvgIpc) is 3.22. The summed E-state index contributed by atoms with van der Waals surface area (Å²) >= 11 is 3.34. The topological polar surface area (TPSA) is 108 Å². The van der Waals surface area contributed by atoms with E-state index in [-0.39, 0.29) is 30.4 Å². The van der Waals surface area contributed by atoms with E-state index in [1.54, 1.807) is 23.0 Å². The summed E-state index contributed by atoms with van der Waals surface area (Å²) in [5, 5.41) is 21.4. The molecule has 0 bridgehead atoms. The lowest BCUT2D eigenvalue weighted by Crippen LogP contribution is -2.15. The maximum Gasteiger partial charge on any atom is 0.306 e. The molecule has 140 valence electrons. The third-order valence-electron chi connectivity index (χ3n) is 3.63. The lowest BCUT2D eigenvalue weighted by molar-refractivity contribution is -0.385. The molecule has 11 heteroatoms. The van der Waals surface area contributed by atoms with Crippen molar-refractivity contribution in [1.29, 1.82) is 0 Å². The van der Waals surface area contributed by atoms with Crippen LogP contribution in [0.25, 0.3) is 0 Å². The fourth-order valence-electron chi connectivity index (χ4n) is 2.32. The fourth-order valence-corrected chi connectivity index (χ4v) is 2.73. The van der Waals surface area contributed by atoms with Crippen molar-refractivity contribution < 1.29 is 14.1 Å². The molecule has 3 rings (SSSR count). The van der Waals surface area contributed by atoms with Crippen molar-refractivity contribution in [1.82, 2.24) is 19.6 Å². The highest BCUT2D eigenvalue weighted by molar-refractivity contribution is 9.10. The Hall–Kier alpha value is -3.08. The Morgan fingerprint density at radius 3 is 2.67 bits per heavy atom. The summed E-state index contributed by atoms with van der Waals surface area (Å²) in [4.78, 5) is 22.2. The van der Waals surface area contributed by atoms with E-state index in [9.17, 15) is 19.3 Å². The first kappa shape index (κ1) is 18.7. The second kappa shape index (κ2) is 8.08. The highest BCUT2D eigenvalue weighted by Gasteiger charge is 2.13. The summed E-state index contributed by atoms with van der Waals surface area (Å²) in [7, 11) is 0. The van der Waals surface area contributed by atoms with Crippen LogP contribution in [0.2, 0.25) is 0 Å². The molecule has 9 nitrogen and oxygen atoms in total. The van der Waals surface area contributed by atoms with Crippen LogP contribution in [0, 0.1) is 15.9 Å². The molecule has 0 spiro atoms. The Labute approximate surface area is 161 Å². The van der Waals surface area contributed by atoms with E-state index in [2.05, 4.69) is 31.4 Å². The van der Waals surface area contributed by atoms with E-state index in [4.69, 9.17) is 0 Å².